The van der Waals surface area contributed by atoms with Crippen LogP contribution in [-0.2, 0) is 16.0 Å². The number of carbonyl (C=O) groups is 1. The van der Waals surface area contributed by atoms with Crippen LogP contribution in [-0.4, -0.2) is 57.8 Å². The molecule has 0 aliphatic carbocycles. The summed E-state index contributed by atoms with van der Waals surface area (Å²) in [5.41, 5.74) is 1.23. The Morgan fingerprint density at radius 3 is 2.48 bits per heavy atom. The summed E-state index contributed by atoms with van der Waals surface area (Å²) in [6, 6.07) is 5.37. The standard InChI is InChI=1S/C21H29N5O3/c1-16(19-22-8-5-9-23-19)26(20(27)29-21(2,3)4)15-17-6-7-18(14-24-17)25-10-12-28-13-11-25/h5-9,14,16H,10-13,15H2,1-4H3/t16-/m1/s1. The number of carbonyl (C=O) groups excluding carboxylic acids is 1. The van der Waals surface area contributed by atoms with E-state index in [1.54, 1.807) is 23.4 Å². The van der Waals surface area contributed by atoms with Crippen molar-refractivity contribution >= 4 is 11.8 Å². The number of hydrogen-bond acceptors (Lipinski definition) is 7. The molecule has 2 aromatic rings. The Bertz CT molecular complexity index is 786. The molecule has 1 fully saturated rings. The van der Waals surface area contributed by atoms with Crippen molar-refractivity contribution in [3.8, 4) is 0 Å². The predicted molar refractivity (Wildman–Crippen MR) is 109 cm³/mol. The number of ether oxygens (including phenoxy) is 2. The number of aromatic nitrogens is 3. The minimum absolute atomic E-state index is 0.303. The van der Waals surface area contributed by atoms with Crippen LogP contribution in [0.1, 0.15) is 45.3 Å². The van der Waals surface area contributed by atoms with Crippen LogP contribution in [0.5, 0.6) is 0 Å². The second kappa shape index (κ2) is 9.17. The lowest BCUT2D eigenvalue weighted by molar-refractivity contribution is 0.0142. The first kappa shape index (κ1) is 21.0. The lowest BCUT2D eigenvalue weighted by atomic mass is 10.2. The zero-order valence-electron chi connectivity index (χ0n) is 17.5. The zero-order valence-corrected chi connectivity index (χ0v) is 17.5. The number of hydrogen-bond donors (Lipinski definition) is 0. The van der Waals surface area contributed by atoms with E-state index < -0.39 is 11.7 Å². The number of anilines is 1. The molecule has 0 radical (unpaired) electrons. The number of pyridine rings is 1. The van der Waals surface area contributed by atoms with Gasteiger partial charge < -0.3 is 14.4 Å². The topological polar surface area (TPSA) is 80.7 Å². The minimum atomic E-state index is -0.597. The molecule has 29 heavy (non-hydrogen) atoms. The molecule has 1 saturated heterocycles. The monoisotopic (exact) mass is 399 g/mol. The van der Waals surface area contributed by atoms with Crippen LogP contribution in [0.15, 0.2) is 36.8 Å². The molecule has 1 aliphatic rings. The molecule has 0 N–H and O–H groups in total. The second-order valence-corrected chi connectivity index (χ2v) is 8.00. The van der Waals surface area contributed by atoms with Gasteiger partial charge >= 0.3 is 6.09 Å². The van der Waals surface area contributed by atoms with Gasteiger partial charge in [-0.2, -0.15) is 0 Å². The Morgan fingerprint density at radius 2 is 1.90 bits per heavy atom. The number of rotatable bonds is 5. The highest BCUT2D eigenvalue weighted by molar-refractivity contribution is 5.68. The molecule has 156 valence electrons. The van der Waals surface area contributed by atoms with Gasteiger partial charge in [0.2, 0.25) is 0 Å². The maximum absolute atomic E-state index is 12.9. The Hall–Kier alpha value is -2.74. The molecule has 8 heteroatoms. The molecule has 0 spiro atoms. The van der Waals surface area contributed by atoms with Crippen molar-refractivity contribution in [2.24, 2.45) is 0 Å². The van der Waals surface area contributed by atoms with E-state index in [-0.39, 0.29) is 6.04 Å². The third-order valence-electron chi connectivity index (χ3n) is 4.57. The smallest absolute Gasteiger partial charge is 0.411 e. The second-order valence-electron chi connectivity index (χ2n) is 8.00. The number of nitrogens with zero attached hydrogens (tertiary/aromatic N) is 5. The summed E-state index contributed by atoms with van der Waals surface area (Å²) in [5, 5.41) is 0. The van der Waals surface area contributed by atoms with Crippen molar-refractivity contribution in [2.45, 2.75) is 45.9 Å². The lowest BCUT2D eigenvalue weighted by Gasteiger charge is -2.31. The van der Waals surface area contributed by atoms with Crippen molar-refractivity contribution in [2.75, 3.05) is 31.2 Å². The number of amides is 1. The average Bonchev–Trinajstić information content (AvgIpc) is 2.72. The Kier molecular flexibility index (Phi) is 6.64. The molecule has 3 rings (SSSR count). The van der Waals surface area contributed by atoms with Gasteiger partial charge in [-0.15, -0.1) is 0 Å². The van der Waals surface area contributed by atoms with Gasteiger partial charge in [0.1, 0.15) is 5.60 Å². The number of morpholine rings is 1. The van der Waals surface area contributed by atoms with Crippen LogP contribution in [0, 0.1) is 0 Å². The van der Waals surface area contributed by atoms with Crippen molar-refractivity contribution in [3.05, 3.63) is 48.3 Å². The largest absolute Gasteiger partial charge is 0.444 e. The molecule has 1 atom stereocenters. The molecule has 0 aromatic carbocycles. The van der Waals surface area contributed by atoms with E-state index in [1.165, 1.54) is 0 Å². The third-order valence-corrected chi connectivity index (χ3v) is 4.57. The molecule has 0 bridgehead atoms. The average molecular weight is 399 g/mol. The van der Waals surface area contributed by atoms with Gasteiger partial charge in [0.15, 0.2) is 5.82 Å². The Balaban J connectivity index is 1.77. The summed E-state index contributed by atoms with van der Waals surface area (Å²) in [7, 11) is 0. The van der Waals surface area contributed by atoms with Gasteiger partial charge in [-0.3, -0.25) is 9.88 Å². The van der Waals surface area contributed by atoms with Crippen LogP contribution in [0.25, 0.3) is 0 Å². The summed E-state index contributed by atoms with van der Waals surface area (Å²) in [6.07, 6.45) is 4.76. The van der Waals surface area contributed by atoms with E-state index >= 15 is 0 Å². The van der Waals surface area contributed by atoms with Gasteiger partial charge in [0.25, 0.3) is 0 Å². The lowest BCUT2D eigenvalue weighted by Crippen LogP contribution is -2.39. The van der Waals surface area contributed by atoms with E-state index in [2.05, 4.69) is 19.9 Å². The van der Waals surface area contributed by atoms with Crippen molar-refractivity contribution in [3.63, 3.8) is 0 Å². The maximum Gasteiger partial charge on any atom is 0.411 e. The highest BCUT2D eigenvalue weighted by Crippen LogP contribution is 2.23. The summed E-state index contributed by atoms with van der Waals surface area (Å²) in [5.74, 6) is 0.559. The molecular formula is C21H29N5O3. The Labute approximate surface area is 171 Å². The predicted octanol–water partition coefficient (Wildman–Crippen LogP) is 3.21. The van der Waals surface area contributed by atoms with Gasteiger partial charge in [-0.25, -0.2) is 14.8 Å². The quantitative estimate of drug-likeness (QED) is 0.764. The van der Waals surface area contributed by atoms with E-state index in [0.29, 0.717) is 12.4 Å². The highest BCUT2D eigenvalue weighted by atomic mass is 16.6. The normalized spacial score (nSPS) is 15.7. The van der Waals surface area contributed by atoms with Gasteiger partial charge in [0.05, 0.1) is 43.4 Å². The minimum Gasteiger partial charge on any atom is -0.444 e. The Morgan fingerprint density at radius 1 is 1.21 bits per heavy atom. The van der Waals surface area contributed by atoms with E-state index in [1.807, 2.05) is 46.0 Å². The van der Waals surface area contributed by atoms with Gasteiger partial charge in [-0.1, -0.05) is 0 Å². The molecule has 2 aromatic heterocycles. The molecule has 0 saturated carbocycles. The zero-order chi connectivity index (χ0) is 20.9. The summed E-state index contributed by atoms with van der Waals surface area (Å²) in [4.78, 5) is 29.9. The van der Waals surface area contributed by atoms with E-state index in [0.717, 1.165) is 37.7 Å². The molecule has 1 aliphatic heterocycles. The van der Waals surface area contributed by atoms with Crippen molar-refractivity contribution in [1.29, 1.82) is 0 Å². The fourth-order valence-corrected chi connectivity index (χ4v) is 3.04. The third kappa shape index (κ3) is 5.87. The molecule has 3 heterocycles. The van der Waals surface area contributed by atoms with Crippen molar-refractivity contribution < 1.29 is 14.3 Å². The van der Waals surface area contributed by atoms with Crippen LogP contribution < -0.4 is 4.90 Å². The molecule has 8 nitrogen and oxygen atoms in total. The fraction of sp³-hybridized carbons (Fsp3) is 0.524. The fourth-order valence-electron chi connectivity index (χ4n) is 3.04. The van der Waals surface area contributed by atoms with Crippen molar-refractivity contribution in [1.82, 2.24) is 19.9 Å². The van der Waals surface area contributed by atoms with Crippen LogP contribution in [0.3, 0.4) is 0 Å². The molecule has 0 unspecified atom stereocenters. The maximum atomic E-state index is 12.9. The molecule has 1 amide bonds. The SMILES string of the molecule is C[C@H](c1ncccn1)N(Cc1ccc(N2CCOCC2)cn1)C(=O)OC(C)(C)C. The first-order valence-corrected chi connectivity index (χ1v) is 9.87. The van der Waals surface area contributed by atoms with Gasteiger partial charge in [-0.05, 0) is 45.9 Å². The molecular weight excluding hydrogens is 370 g/mol. The van der Waals surface area contributed by atoms with Crippen LogP contribution in [0.4, 0.5) is 10.5 Å². The summed E-state index contributed by atoms with van der Waals surface area (Å²) in [6.45, 7) is 10.9. The summed E-state index contributed by atoms with van der Waals surface area (Å²) < 4.78 is 11.0. The highest BCUT2D eigenvalue weighted by Gasteiger charge is 2.28. The van der Waals surface area contributed by atoms with Crippen LogP contribution >= 0.6 is 0 Å². The summed E-state index contributed by atoms with van der Waals surface area (Å²) >= 11 is 0. The van der Waals surface area contributed by atoms with Crippen LogP contribution in [0.2, 0.25) is 0 Å². The van der Waals surface area contributed by atoms with Gasteiger partial charge in [0, 0.05) is 25.5 Å². The first-order chi connectivity index (χ1) is 13.8. The van der Waals surface area contributed by atoms with E-state index in [9.17, 15) is 4.79 Å². The van der Waals surface area contributed by atoms with E-state index in [4.69, 9.17) is 9.47 Å². The first-order valence-electron chi connectivity index (χ1n) is 9.87.